The molecule has 2 N–H and O–H groups in total. The summed E-state index contributed by atoms with van der Waals surface area (Å²) in [6.07, 6.45) is 4.01. The van der Waals surface area contributed by atoms with E-state index in [0.717, 1.165) is 36.4 Å². The molecule has 0 aromatic heterocycles. The lowest BCUT2D eigenvalue weighted by Crippen LogP contribution is -2.47. The van der Waals surface area contributed by atoms with Crippen LogP contribution in [-0.2, 0) is 0 Å². The molecule has 1 aliphatic heterocycles. The number of likely N-dealkylation sites (tertiary alicyclic amines) is 1. The number of guanidine groups is 1. The third-order valence-electron chi connectivity index (χ3n) is 5.18. The van der Waals surface area contributed by atoms with Crippen molar-refractivity contribution in [2.75, 3.05) is 20.1 Å². The van der Waals surface area contributed by atoms with Crippen LogP contribution in [-0.4, -0.2) is 55.2 Å². The fourth-order valence-corrected chi connectivity index (χ4v) is 3.65. The van der Waals surface area contributed by atoms with Gasteiger partial charge in [-0.2, -0.15) is 0 Å². The molecular weight excluding hydrogens is 439 g/mol. The molecule has 3 atom stereocenters. The van der Waals surface area contributed by atoms with Crippen molar-refractivity contribution in [3.05, 3.63) is 29.8 Å². The van der Waals surface area contributed by atoms with Crippen LogP contribution in [0.4, 0.5) is 0 Å². The summed E-state index contributed by atoms with van der Waals surface area (Å²) >= 11 is 0. The maximum atomic E-state index is 6.03. The molecule has 1 saturated carbocycles. The van der Waals surface area contributed by atoms with E-state index in [1.165, 1.54) is 19.3 Å². The zero-order chi connectivity index (χ0) is 17.8. The molecule has 1 aromatic carbocycles. The van der Waals surface area contributed by atoms with E-state index in [4.69, 9.17) is 4.74 Å². The molecule has 3 rings (SSSR count). The van der Waals surface area contributed by atoms with Gasteiger partial charge in [-0.15, -0.1) is 24.0 Å². The van der Waals surface area contributed by atoms with Crippen LogP contribution < -0.4 is 15.4 Å². The molecule has 5 nitrogen and oxygen atoms in total. The largest absolute Gasteiger partial charge is 0.489 e. The summed E-state index contributed by atoms with van der Waals surface area (Å²) in [5.41, 5.74) is 1.16. The third-order valence-corrected chi connectivity index (χ3v) is 5.18. The van der Waals surface area contributed by atoms with Gasteiger partial charge in [-0.05, 0) is 51.7 Å². The van der Waals surface area contributed by atoms with Gasteiger partial charge in [0.1, 0.15) is 11.9 Å². The first-order chi connectivity index (χ1) is 12.1. The second-order valence-corrected chi connectivity index (χ2v) is 7.50. The number of hydrogen-bond acceptors (Lipinski definition) is 3. The molecule has 26 heavy (non-hydrogen) atoms. The predicted octanol–water partition coefficient (Wildman–Crippen LogP) is 3.17. The number of nitrogens with one attached hydrogen (secondary N) is 2. The molecule has 146 valence electrons. The normalized spacial score (nSPS) is 24.7. The van der Waals surface area contributed by atoms with Gasteiger partial charge in [0.15, 0.2) is 5.96 Å². The van der Waals surface area contributed by atoms with Crippen molar-refractivity contribution in [3.63, 3.8) is 0 Å². The van der Waals surface area contributed by atoms with E-state index in [1.807, 2.05) is 25.2 Å². The Morgan fingerprint density at radius 2 is 2.08 bits per heavy atom. The van der Waals surface area contributed by atoms with Gasteiger partial charge in [-0.25, -0.2) is 0 Å². The Morgan fingerprint density at radius 1 is 1.35 bits per heavy atom. The average Bonchev–Trinajstić information content (AvgIpc) is 3.37. The smallest absolute Gasteiger partial charge is 0.191 e. The summed E-state index contributed by atoms with van der Waals surface area (Å²) in [7, 11) is 1.83. The van der Waals surface area contributed by atoms with Crippen molar-refractivity contribution in [2.45, 2.75) is 64.3 Å². The minimum Gasteiger partial charge on any atom is -0.489 e. The summed E-state index contributed by atoms with van der Waals surface area (Å²) in [6, 6.07) is 10.1. The fraction of sp³-hybridized carbons (Fsp3) is 0.650. The lowest BCUT2D eigenvalue weighted by molar-refractivity contribution is 0.222. The molecule has 2 aliphatic rings. The number of benzene rings is 1. The van der Waals surface area contributed by atoms with E-state index < -0.39 is 0 Å². The van der Waals surface area contributed by atoms with Gasteiger partial charge in [0.25, 0.3) is 0 Å². The first-order valence-electron chi connectivity index (χ1n) is 9.52. The second-order valence-electron chi connectivity index (χ2n) is 7.50. The van der Waals surface area contributed by atoms with Gasteiger partial charge in [-0.3, -0.25) is 9.89 Å². The SMILES string of the molecule is CN=C(NCC(C)Oc1ccccc1C)NC1CC(C)N(C2CC2)C1.I. The lowest BCUT2D eigenvalue weighted by Gasteiger charge is -2.21. The van der Waals surface area contributed by atoms with E-state index >= 15 is 0 Å². The monoisotopic (exact) mass is 472 g/mol. The summed E-state index contributed by atoms with van der Waals surface area (Å²) in [6.45, 7) is 8.35. The van der Waals surface area contributed by atoms with Crippen LogP contribution in [0.15, 0.2) is 29.3 Å². The molecule has 6 heteroatoms. The van der Waals surface area contributed by atoms with E-state index in [1.54, 1.807) is 0 Å². The van der Waals surface area contributed by atoms with Gasteiger partial charge in [0, 0.05) is 31.7 Å². The lowest BCUT2D eigenvalue weighted by atomic mass is 10.2. The Bertz CT molecular complexity index is 605. The van der Waals surface area contributed by atoms with E-state index in [-0.39, 0.29) is 30.1 Å². The summed E-state index contributed by atoms with van der Waals surface area (Å²) < 4.78 is 6.03. The van der Waals surface area contributed by atoms with Gasteiger partial charge in [-0.1, -0.05) is 18.2 Å². The Kier molecular flexibility index (Phi) is 8.01. The Hall–Kier alpha value is -1.02. The van der Waals surface area contributed by atoms with Crippen LogP contribution in [0.2, 0.25) is 0 Å². The molecule has 1 saturated heterocycles. The second kappa shape index (κ2) is 9.78. The molecule has 1 aliphatic carbocycles. The van der Waals surface area contributed by atoms with Gasteiger partial charge in [0.2, 0.25) is 0 Å². The Balaban J connectivity index is 0.00000243. The first-order valence-corrected chi connectivity index (χ1v) is 9.52. The number of halogens is 1. The molecule has 0 amide bonds. The van der Waals surface area contributed by atoms with Gasteiger partial charge in [0.05, 0.1) is 6.54 Å². The van der Waals surface area contributed by atoms with E-state index in [9.17, 15) is 0 Å². The van der Waals surface area contributed by atoms with Crippen molar-refractivity contribution in [1.29, 1.82) is 0 Å². The van der Waals surface area contributed by atoms with Crippen LogP contribution in [0, 0.1) is 6.92 Å². The highest BCUT2D eigenvalue weighted by molar-refractivity contribution is 14.0. The third kappa shape index (κ3) is 5.74. The van der Waals surface area contributed by atoms with Crippen LogP contribution in [0.3, 0.4) is 0 Å². The average molecular weight is 472 g/mol. The van der Waals surface area contributed by atoms with Crippen molar-refractivity contribution in [3.8, 4) is 5.75 Å². The minimum absolute atomic E-state index is 0. The van der Waals surface area contributed by atoms with Crippen molar-refractivity contribution >= 4 is 29.9 Å². The zero-order valence-corrected chi connectivity index (χ0v) is 18.7. The van der Waals surface area contributed by atoms with Crippen LogP contribution >= 0.6 is 24.0 Å². The highest BCUT2D eigenvalue weighted by Crippen LogP contribution is 2.33. The van der Waals surface area contributed by atoms with E-state index in [2.05, 4.69) is 47.4 Å². The first kappa shape index (κ1) is 21.3. The zero-order valence-electron chi connectivity index (χ0n) is 16.4. The molecule has 2 fully saturated rings. The fourth-order valence-electron chi connectivity index (χ4n) is 3.65. The number of ether oxygens (including phenoxy) is 1. The molecule has 1 heterocycles. The number of hydrogen-bond donors (Lipinski definition) is 2. The molecular formula is C20H33IN4O. The number of para-hydroxylation sites is 1. The quantitative estimate of drug-likeness (QED) is 0.380. The maximum absolute atomic E-state index is 6.03. The maximum Gasteiger partial charge on any atom is 0.191 e. The predicted molar refractivity (Wildman–Crippen MR) is 119 cm³/mol. The highest BCUT2D eigenvalue weighted by Gasteiger charge is 2.38. The van der Waals surface area contributed by atoms with Gasteiger partial charge >= 0.3 is 0 Å². The Morgan fingerprint density at radius 3 is 2.73 bits per heavy atom. The van der Waals surface area contributed by atoms with Crippen molar-refractivity contribution in [1.82, 2.24) is 15.5 Å². The molecule has 1 aromatic rings. The number of aliphatic imine (C=N–C) groups is 1. The molecule has 0 radical (unpaired) electrons. The Labute approximate surface area is 175 Å². The van der Waals surface area contributed by atoms with Crippen LogP contribution in [0.25, 0.3) is 0 Å². The topological polar surface area (TPSA) is 48.9 Å². The minimum atomic E-state index is 0. The summed E-state index contributed by atoms with van der Waals surface area (Å²) in [4.78, 5) is 7.03. The number of nitrogens with zero attached hydrogens (tertiary/aromatic N) is 2. The summed E-state index contributed by atoms with van der Waals surface area (Å²) in [5.74, 6) is 1.82. The highest BCUT2D eigenvalue weighted by atomic mass is 127. The summed E-state index contributed by atoms with van der Waals surface area (Å²) in [5, 5.41) is 6.99. The molecule has 0 bridgehead atoms. The van der Waals surface area contributed by atoms with Crippen molar-refractivity contribution in [2.24, 2.45) is 4.99 Å². The number of rotatable bonds is 6. The van der Waals surface area contributed by atoms with Crippen molar-refractivity contribution < 1.29 is 4.74 Å². The van der Waals surface area contributed by atoms with Gasteiger partial charge < -0.3 is 15.4 Å². The number of aryl methyl sites for hydroxylation is 1. The molecule has 3 unspecified atom stereocenters. The van der Waals surface area contributed by atoms with E-state index in [0.29, 0.717) is 12.1 Å². The molecule has 0 spiro atoms. The standard InChI is InChI=1S/C20H32N4O.HI/c1-14-7-5-6-8-19(14)25-16(3)12-22-20(21-4)23-17-11-15(2)24(13-17)18-9-10-18;/h5-8,15-18H,9-13H2,1-4H3,(H2,21,22,23);1H. The van der Waals surface area contributed by atoms with Crippen LogP contribution in [0.1, 0.15) is 38.7 Å². The van der Waals surface area contributed by atoms with Crippen LogP contribution in [0.5, 0.6) is 5.75 Å².